The van der Waals surface area contributed by atoms with E-state index in [0.717, 1.165) is 10.6 Å². The Hall–Kier alpha value is -3.36. The maximum absolute atomic E-state index is 13.5. The van der Waals surface area contributed by atoms with E-state index >= 15 is 0 Å². The van der Waals surface area contributed by atoms with Crippen molar-refractivity contribution in [2.24, 2.45) is 0 Å². The van der Waals surface area contributed by atoms with Crippen molar-refractivity contribution >= 4 is 29.5 Å². The van der Waals surface area contributed by atoms with Gasteiger partial charge in [0.05, 0.1) is 18.8 Å². The van der Waals surface area contributed by atoms with Crippen LogP contribution in [-0.4, -0.2) is 45.0 Å². The van der Waals surface area contributed by atoms with Crippen molar-refractivity contribution in [3.8, 4) is 5.75 Å². The number of amides is 1. The number of phenols is 1. The van der Waals surface area contributed by atoms with Crippen molar-refractivity contribution in [3.05, 3.63) is 83.2 Å². The molecule has 0 radical (unpaired) electrons. The SMILES string of the molecule is Cc1ccc(SN(C)CC(=O)N(Cc2ccc(C3CCCCC3)cn2)c2ccc(C(=O)O)c(O)c2)cc1. The second kappa shape index (κ2) is 12.3. The zero-order valence-electron chi connectivity index (χ0n) is 21.3. The number of aromatic nitrogens is 1. The van der Waals surface area contributed by atoms with Crippen LogP contribution in [0.3, 0.4) is 0 Å². The van der Waals surface area contributed by atoms with Gasteiger partial charge in [-0.1, -0.05) is 43.0 Å². The minimum atomic E-state index is -1.23. The van der Waals surface area contributed by atoms with Gasteiger partial charge < -0.3 is 15.1 Å². The maximum Gasteiger partial charge on any atom is 0.339 e. The quantitative estimate of drug-likeness (QED) is 0.334. The van der Waals surface area contributed by atoms with E-state index in [1.165, 1.54) is 67.3 Å². The zero-order chi connectivity index (χ0) is 26.4. The molecule has 37 heavy (non-hydrogen) atoms. The van der Waals surface area contributed by atoms with Crippen LogP contribution in [0.5, 0.6) is 5.75 Å². The predicted molar refractivity (Wildman–Crippen MR) is 146 cm³/mol. The van der Waals surface area contributed by atoms with E-state index in [0.29, 0.717) is 11.6 Å². The van der Waals surface area contributed by atoms with Crippen LogP contribution in [0.1, 0.15) is 65.2 Å². The van der Waals surface area contributed by atoms with Crippen molar-refractivity contribution in [2.75, 3.05) is 18.5 Å². The number of hydrogen-bond acceptors (Lipinski definition) is 6. The monoisotopic (exact) mass is 519 g/mol. The van der Waals surface area contributed by atoms with Gasteiger partial charge in [-0.15, -0.1) is 0 Å². The Kier molecular flexibility index (Phi) is 8.84. The first-order valence-electron chi connectivity index (χ1n) is 12.6. The van der Waals surface area contributed by atoms with Gasteiger partial charge in [-0.05, 0) is 80.6 Å². The third-order valence-corrected chi connectivity index (χ3v) is 7.63. The van der Waals surface area contributed by atoms with Crippen LogP contribution in [0.15, 0.2) is 65.7 Å². The lowest BCUT2D eigenvalue weighted by molar-refractivity contribution is -0.118. The molecule has 0 aliphatic heterocycles. The lowest BCUT2D eigenvalue weighted by atomic mass is 9.85. The molecule has 4 rings (SSSR count). The van der Waals surface area contributed by atoms with Crippen molar-refractivity contribution in [3.63, 3.8) is 0 Å². The fraction of sp³-hybridized carbons (Fsp3) is 0.345. The summed E-state index contributed by atoms with van der Waals surface area (Å²) in [5.74, 6) is -1.26. The third kappa shape index (κ3) is 7.11. The summed E-state index contributed by atoms with van der Waals surface area (Å²) in [5, 5.41) is 19.6. The number of carbonyl (C=O) groups is 2. The molecule has 7 nitrogen and oxygen atoms in total. The Labute approximate surface area is 222 Å². The summed E-state index contributed by atoms with van der Waals surface area (Å²) in [6.45, 7) is 2.35. The van der Waals surface area contributed by atoms with Gasteiger partial charge in [0, 0.05) is 22.8 Å². The number of likely N-dealkylation sites (N-methyl/N-ethyl adjacent to an activating group) is 1. The molecule has 0 spiro atoms. The van der Waals surface area contributed by atoms with E-state index in [4.69, 9.17) is 0 Å². The summed E-state index contributed by atoms with van der Waals surface area (Å²) in [7, 11) is 1.85. The fourth-order valence-electron chi connectivity index (χ4n) is 4.65. The molecule has 8 heteroatoms. The molecule has 1 aliphatic carbocycles. The number of benzene rings is 2. The highest BCUT2D eigenvalue weighted by molar-refractivity contribution is 7.97. The lowest BCUT2D eigenvalue weighted by Gasteiger charge is -2.26. The average molecular weight is 520 g/mol. The molecular weight excluding hydrogens is 486 g/mol. The number of carboxylic acids is 1. The van der Waals surface area contributed by atoms with E-state index in [1.807, 2.05) is 54.8 Å². The van der Waals surface area contributed by atoms with Gasteiger partial charge in [0.15, 0.2) is 0 Å². The van der Waals surface area contributed by atoms with Crippen molar-refractivity contribution in [1.82, 2.24) is 9.29 Å². The summed E-state index contributed by atoms with van der Waals surface area (Å²) >= 11 is 1.47. The molecule has 3 aromatic rings. The first kappa shape index (κ1) is 26.7. The van der Waals surface area contributed by atoms with E-state index < -0.39 is 5.97 Å². The standard InChI is InChI=1S/C29H33N3O4S/c1-20-8-13-25(14-9-20)37-31(2)19-28(34)32(24-12-15-26(29(35)36)27(33)16-24)18-23-11-10-22(17-30-23)21-6-4-3-5-7-21/h8-17,21,33H,3-7,18-19H2,1-2H3,(H,35,36). The molecule has 1 heterocycles. The van der Waals surface area contributed by atoms with Crippen LogP contribution < -0.4 is 4.90 Å². The molecule has 2 N–H and O–H groups in total. The van der Waals surface area contributed by atoms with Gasteiger partial charge in [0.25, 0.3) is 0 Å². The molecule has 1 aromatic heterocycles. The van der Waals surface area contributed by atoms with Gasteiger partial charge in [0.2, 0.25) is 5.91 Å². The summed E-state index contributed by atoms with van der Waals surface area (Å²) in [6, 6.07) is 16.3. The first-order valence-corrected chi connectivity index (χ1v) is 13.3. The fourth-order valence-corrected chi connectivity index (χ4v) is 5.44. The van der Waals surface area contributed by atoms with E-state index in [-0.39, 0.29) is 30.3 Å². The number of aromatic hydroxyl groups is 1. The van der Waals surface area contributed by atoms with E-state index in [9.17, 15) is 19.8 Å². The number of pyridine rings is 1. The second-order valence-electron chi connectivity index (χ2n) is 9.59. The molecule has 194 valence electrons. The molecule has 0 bridgehead atoms. The van der Waals surface area contributed by atoms with Crippen LogP contribution in [0.2, 0.25) is 0 Å². The Bertz CT molecular complexity index is 1220. The highest BCUT2D eigenvalue weighted by atomic mass is 32.2. The summed E-state index contributed by atoms with van der Waals surface area (Å²) in [4.78, 5) is 32.1. The van der Waals surface area contributed by atoms with Crippen molar-refractivity contribution in [2.45, 2.75) is 56.4 Å². The molecule has 1 fully saturated rings. The molecule has 0 unspecified atom stereocenters. The largest absolute Gasteiger partial charge is 0.507 e. The number of nitrogens with zero attached hydrogens (tertiary/aromatic N) is 3. The predicted octanol–water partition coefficient (Wildman–Crippen LogP) is 6.01. The summed E-state index contributed by atoms with van der Waals surface area (Å²) in [6.07, 6.45) is 8.08. The topological polar surface area (TPSA) is 94.0 Å². The molecule has 0 atom stereocenters. The van der Waals surface area contributed by atoms with Gasteiger partial charge in [-0.3, -0.25) is 9.78 Å². The number of carboxylic acid groups (broad SMARTS) is 1. The average Bonchev–Trinajstić information content (AvgIpc) is 2.89. The number of rotatable bonds is 9. The minimum absolute atomic E-state index is 0.111. The Morgan fingerprint density at radius 2 is 1.76 bits per heavy atom. The van der Waals surface area contributed by atoms with Crippen molar-refractivity contribution in [1.29, 1.82) is 0 Å². The molecular formula is C29H33N3O4S. The Morgan fingerprint density at radius 1 is 1.03 bits per heavy atom. The number of aryl methyl sites for hydroxylation is 1. The number of aromatic carboxylic acids is 1. The Morgan fingerprint density at radius 3 is 2.38 bits per heavy atom. The second-order valence-corrected chi connectivity index (χ2v) is 10.9. The van der Waals surface area contributed by atoms with E-state index in [2.05, 4.69) is 11.1 Å². The zero-order valence-corrected chi connectivity index (χ0v) is 22.1. The maximum atomic E-state index is 13.5. The molecule has 0 saturated heterocycles. The highest BCUT2D eigenvalue weighted by Crippen LogP contribution is 2.32. The van der Waals surface area contributed by atoms with Gasteiger partial charge in [0.1, 0.15) is 11.3 Å². The lowest BCUT2D eigenvalue weighted by Crippen LogP contribution is -2.37. The Balaban J connectivity index is 1.53. The normalized spacial score (nSPS) is 14.0. The number of anilines is 1. The first-order chi connectivity index (χ1) is 17.8. The van der Waals surface area contributed by atoms with Gasteiger partial charge >= 0.3 is 5.97 Å². The van der Waals surface area contributed by atoms with Crippen LogP contribution in [0.4, 0.5) is 5.69 Å². The van der Waals surface area contributed by atoms with Gasteiger partial charge in [-0.2, -0.15) is 0 Å². The summed E-state index contributed by atoms with van der Waals surface area (Å²) < 4.78 is 1.85. The minimum Gasteiger partial charge on any atom is -0.507 e. The molecule has 2 aromatic carbocycles. The van der Waals surface area contributed by atoms with Crippen LogP contribution >= 0.6 is 11.9 Å². The number of hydrogen-bond donors (Lipinski definition) is 2. The highest BCUT2D eigenvalue weighted by Gasteiger charge is 2.22. The third-order valence-electron chi connectivity index (χ3n) is 6.71. The number of carbonyl (C=O) groups excluding carboxylic acids is 1. The van der Waals surface area contributed by atoms with Crippen LogP contribution in [0, 0.1) is 6.92 Å². The van der Waals surface area contributed by atoms with Crippen LogP contribution in [-0.2, 0) is 11.3 Å². The molecule has 1 saturated carbocycles. The smallest absolute Gasteiger partial charge is 0.339 e. The van der Waals surface area contributed by atoms with Crippen molar-refractivity contribution < 1.29 is 19.8 Å². The van der Waals surface area contributed by atoms with Gasteiger partial charge in [-0.25, -0.2) is 9.10 Å². The molecule has 1 aliphatic rings. The molecule has 1 amide bonds. The summed E-state index contributed by atoms with van der Waals surface area (Å²) in [5.41, 5.74) is 3.33. The van der Waals surface area contributed by atoms with E-state index in [1.54, 1.807) is 11.0 Å². The van der Waals surface area contributed by atoms with Crippen LogP contribution in [0.25, 0.3) is 0 Å².